The maximum atomic E-state index is 13.3. The lowest BCUT2D eigenvalue weighted by Crippen LogP contribution is -2.19. The normalized spacial score (nSPS) is 11.3. The summed E-state index contributed by atoms with van der Waals surface area (Å²) in [5.41, 5.74) is 2.00. The fraction of sp³-hybridized carbons (Fsp3) is 0.154. The number of amides is 2. The van der Waals surface area contributed by atoms with E-state index in [-0.39, 0.29) is 16.9 Å². The van der Waals surface area contributed by atoms with Crippen molar-refractivity contribution in [3.8, 4) is 11.1 Å². The van der Waals surface area contributed by atoms with Gasteiger partial charge >= 0.3 is 6.18 Å². The summed E-state index contributed by atoms with van der Waals surface area (Å²) in [5.74, 6) is -1.03. The standard InChI is InChI=1S/C26H22F3N5O3/c1-14-3-4-16(10-19(14)15-5-7-20-17(9-15)12-31-25(30-2)34-20)24(37)33-22-11-18(26(27,28)29)6-8-21(22)32-23(36)13-35/h3-12,35H,13H2,1-2H3,(H,32,36)(H,33,37)(H,30,31,34). The van der Waals surface area contributed by atoms with Crippen LogP contribution in [0.3, 0.4) is 0 Å². The zero-order valence-corrected chi connectivity index (χ0v) is 19.8. The highest BCUT2D eigenvalue weighted by Crippen LogP contribution is 2.35. The first kappa shape index (κ1) is 25.6. The number of rotatable bonds is 6. The minimum absolute atomic E-state index is 0.0804. The number of carbonyl (C=O) groups excluding carboxylic acids is 2. The summed E-state index contributed by atoms with van der Waals surface area (Å²) in [6, 6.07) is 13.0. The number of carbonyl (C=O) groups is 2. The van der Waals surface area contributed by atoms with Crippen LogP contribution < -0.4 is 16.0 Å². The van der Waals surface area contributed by atoms with Gasteiger partial charge in [-0.15, -0.1) is 0 Å². The van der Waals surface area contributed by atoms with Crippen LogP contribution in [0.15, 0.2) is 60.8 Å². The van der Waals surface area contributed by atoms with Gasteiger partial charge in [-0.3, -0.25) is 9.59 Å². The molecule has 2 amide bonds. The van der Waals surface area contributed by atoms with Crippen molar-refractivity contribution in [1.29, 1.82) is 0 Å². The molecule has 0 saturated carbocycles. The SMILES string of the molecule is CNc1ncc2cc(-c3cc(C(=O)Nc4cc(C(F)(F)F)ccc4NC(=O)CO)ccc3C)ccc2n1. The van der Waals surface area contributed by atoms with Crippen LogP contribution in [-0.4, -0.2) is 40.5 Å². The van der Waals surface area contributed by atoms with Gasteiger partial charge < -0.3 is 21.1 Å². The van der Waals surface area contributed by atoms with Gasteiger partial charge in [0.1, 0.15) is 6.61 Å². The van der Waals surface area contributed by atoms with Gasteiger partial charge in [0.2, 0.25) is 11.9 Å². The number of anilines is 3. The van der Waals surface area contributed by atoms with Gasteiger partial charge in [0.15, 0.2) is 0 Å². The number of aliphatic hydroxyl groups is 1. The second-order valence-corrected chi connectivity index (χ2v) is 8.17. The monoisotopic (exact) mass is 509 g/mol. The Morgan fingerprint density at radius 2 is 1.76 bits per heavy atom. The zero-order valence-electron chi connectivity index (χ0n) is 19.8. The predicted octanol–water partition coefficient (Wildman–Crippen LogP) is 4.85. The van der Waals surface area contributed by atoms with Crippen molar-refractivity contribution in [2.45, 2.75) is 13.1 Å². The molecular weight excluding hydrogens is 487 g/mol. The smallest absolute Gasteiger partial charge is 0.387 e. The molecule has 0 saturated heterocycles. The molecule has 37 heavy (non-hydrogen) atoms. The molecule has 0 atom stereocenters. The molecule has 3 aromatic carbocycles. The molecule has 1 aromatic heterocycles. The summed E-state index contributed by atoms with van der Waals surface area (Å²) in [6.07, 6.45) is -2.98. The number of aryl methyl sites for hydroxylation is 1. The van der Waals surface area contributed by atoms with Gasteiger partial charge in [-0.25, -0.2) is 9.97 Å². The van der Waals surface area contributed by atoms with Crippen molar-refractivity contribution in [2.75, 3.05) is 29.6 Å². The molecule has 0 radical (unpaired) electrons. The van der Waals surface area contributed by atoms with E-state index in [9.17, 15) is 22.8 Å². The molecular formula is C26H22F3N5O3. The largest absolute Gasteiger partial charge is 0.416 e. The van der Waals surface area contributed by atoms with Crippen molar-refractivity contribution < 1.29 is 27.9 Å². The Hall–Kier alpha value is -4.51. The molecule has 1 heterocycles. The molecule has 8 nitrogen and oxygen atoms in total. The topological polar surface area (TPSA) is 116 Å². The Morgan fingerprint density at radius 3 is 2.46 bits per heavy atom. The van der Waals surface area contributed by atoms with E-state index in [0.29, 0.717) is 5.95 Å². The number of nitrogens with zero attached hydrogens (tertiary/aromatic N) is 2. The van der Waals surface area contributed by atoms with Crippen LogP contribution in [-0.2, 0) is 11.0 Å². The quantitative estimate of drug-likeness (QED) is 0.295. The van der Waals surface area contributed by atoms with Crippen LogP contribution in [0.1, 0.15) is 21.5 Å². The first-order valence-electron chi connectivity index (χ1n) is 11.1. The molecule has 0 unspecified atom stereocenters. The van der Waals surface area contributed by atoms with E-state index < -0.39 is 30.2 Å². The van der Waals surface area contributed by atoms with Crippen LogP contribution in [0.2, 0.25) is 0 Å². The highest BCUT2D eigenvalue weighted by molar-refractivity contribution is 6.08. The summed E-state index contributed by atoms with van der Waals surface area (Å²) in [4.78, 5) is 33.3. The van der Waals surface area contributed by atoms with Crippen molar-refractivity contribution in [3.63, 3.8) is 0 Å². The molecule has 4 rings (SSSR count). The van der Waals surface area contributed by atoms with E-state index in [1.54, 1.807) is 31.4 Å². The van der Waals surface area contributed by atoms with E-state index in [0.717, 1.165) is 45.8 Å². The van der Waals surface area contributed by atoms with Gasteiger partial charge in [-0.2, -0.15) is 13.2 Å². The summed E-state index contributed by atoms with van der Waals surface area (Å²) in [5, 5.41) is 17.4. The van der Waals surface area contributed by atoms with Crippen molar-refractivity contribution in [1.82, 2.24) is 9.97 Å². The number of fused-ring (bicyclic) bond motifs is 1. The van der Waals surface area contributed by atoms with Crippen LogP contribution >= 0.6 is 0 Å². The summed E-state index contributed by atoms with van der Waals surface area (Å²) < 4.78 is 39.8. The molecule has 4 N–H and O–H groups in total. The first-order valence-corrected chi connectivity index (χ1v) is 11.1. The van der Waals surface area contributed by atoms with E-state index in [1.165, 1.54) is 0 Å². The molecule has 0 aliphatic carbocycles. The molecule has 190 valence electrons. The Morgan fingerprint density at radius 1 is 0.973 bits per heavy atom. The van der Waals surface area contributed by atoms with Crippen LogP contribution in [0.25, 0.3) is 22.0 Å². The van der Waals surface area contributed by atoms with E-state index >= 15 is 0 Å². The van der Waals surface area contributed by atoms with E-state index in [1.807, 2.05) is 25.1 Å². The Balaban J connectivity index is 1.68. The first-order chi connectivity index (χ1) is 17.6. The summed E-state index contributed by atoms with van der Waals surface area (Å²) in [7, 11) is 1.72. The van der Waals surface area contributed by atoms with Gasteiger partial charge in [0.05, 0.1) is 22.5 Å². The van der Waals surface area contributed by atoms with Crippen molar-refractivity contribution in [2.24, 2.45) is 0 Å². The number of benzene rings is 3. The third-order valence-electron chi connectivity index (χ3n) is 5.63. The molecule has 0 aliphatic heterocycles. The number of alkyl halides is 3. The average Bonchev–Trinajstić information content (AvgIpc) is 2.88. The van der Waals surface area contributed by atoms with E-state index in [2.05, 4.69) is 25.9 Å². The molecule has 0 fully saturated rings. The lowest BCUT2D eigenvalue weighted by molar-refractivity contribution is -0.137. The van der Waals surface area contributed by atoms with Crippen LogP contribution in [0.4, 0.5) is 30.5 Å². The molecule has 0 bridgehead atoms. The second-order valence-electron chi connectivity index (χ2n) is 8.17. The molecule has 11 heteroatoms. The Kier molecular flexibility index (Phi) is 7.07. The van der Waals surface area contributed by atoms with Gasteiger partial charge in [-0.05, 0) is 66.1 Å². The van der Waals surface area contributed by atoms with Gasteiger partial charge in [-0.1, -0.05) is 12.1 Å². The number of aromatic nitrogens is 2. The maximum Gasteiger partial charge on any atom is 0.416 e. The van der Waals surface area contributed by atoms with Crippen molar-refractivity contribution >= 4 is 40.0 Å². The predicted molar refractivity (Wildman–Crippen MR) is 134 cm³/mol. The molecule has 0 aliphatic rings. The third kappa shape index (κ3) is 5.67. The Labute approximate surface area is 209 Å². The minimum Gasteiger partial charge on any atom is -0.387 e. The number of aliphatic hydroxyl groups excluding tert-OH is 1. The zero-order chi connectivity index (χ0) is 26.7. The fourth-order valence-electron chi connectivity index (χ4n) is 3.71. The number of hydrogen-bond donors (Lipinski definition) is 4. The lowest BCUT2D eigenvalue weighted by atomic mass is 9.97. The van der Waals surface area contributed by atoms with Crippen LogP contribution in [0.5, 0.6) is 0 Å². The van der Waals surface area contributed by atoms with E-state index in [4.69, 9.17) is 5.11 Å². The van der Waals surface area contributed by atoms with Crippen molar-refractivity contribution in [3.05, 3.63) is 77.5 Å². The average molecular weight is 509 g/mol. The molecule has 0 spiro atoms. The van der Waals surface area contributed by atoms with Gasteiger partial charge in [0.25, 0.3) is 5.91 Å². The second kappa shape index (κ2) is 10.2. The Bertz CT molecular complexity index is 1510. The number of halogens is 3. The summed E-state index contributed by atoms with van der Waals surface area (Å²) in [6.45, 7) is 1.000. The number of nitrogens with one attached hydrogen (secondary N) is 3. The highest BCUT2D eigenvalue weighted by Gasteiger charge is 2.31. The summed E-state index contributed by atoms with van der Waals surface area (Å²) >= 11 is 0. The molecule has 4 aromatic rings. The highest BCUT2D eigenvalue weighted by atomic mass is 19.4. The third-order valence-corrected chi connectivity index (χ3v) is 5.63. The maximum absolute atomic E-state index is 13.3. The van der Waals surface area contributed by atoms with Crippen LogP contribution in [0, 0.1) is 6.92 Å². The van der Waals surface area contributed by atoms with Gasteiger partial charge in [0, 0.05) is 24.2 Å². The fourth-order valence-corrected chi connectivity index (χ4v) is 3.71. The minimum atomic E-state index is -4.66. The number of hydrogen-bond acceptors (Lipinski definition) is 6. The lowest BCUT2D eigenvalue weighted by Gasteiger charge is -2.16.